The lowest BCUT2D eigenvalue weighted by molar-refractivity contribution is -0.145. The molecule has 0 spiro atoms. The van der Waals surface area contributed by atoms with Crippen LogP contribution in [0.1, 0.15) is 43.2 Å². The number of carboxylic acid groups (broad SMARTS) is 1. The van der Waals surface area contributed by atoms with Gasteiger partial charge < -0.3 is 5.11 Å². The molecule has 98 valence electrons. The van der Waals surface area contributed by atoms with Crippen molar-refractivity contribution in [3.63, 3.8) is 0 Å². The fourth-order valence-corrected chi connectivity index (χ4v) is 3.10. The molecule has 1 aromatic carbocycles. The van der Waals surface area contributed by atoms with E-state index in [9.17, 15) is 14.3 Å². The number of benzene rings is 1. The van der Waals surface area contributed by atoms with E-state index in [1.54, 1.807) is 6.92 Å². The van der Waals surface area contributed by atoms with Crippen molar-refractivity contribution in [3.05, 3.63) is 34.1 Å². The molecule has 1 N–H and O–H groups in total. The van der Waals surface area contributed by atoms with Crippen LogP contribution in [0.15, 0.2) is 12.1 Å². The molecule has 2 rings (SSSR count). The van der Waals surface area contributed by atoms with Crippen LogP contribution in [0, 0.1) is 12.7 Å². The molecule has 1 saturated carbocycles. The van der Waals surface area contributed by atoms with Crippen LogP contribution < -0.4 is 0 Å². The van der Waals surface area contributed by atoms with Crippen LogP contribution >= 0.6 is 11.6 Å². The van der Waals surface area contributed by atoms with Gasteiger partial charge in [0.05, 0.1) is 5.41 Å². The van der Waals surface area contributed by atoms with E-state index in [1.807, 2.05) is 0 Å². The second-order valence-electron chi connectivity index (χ2n) is 5.03. The first-order valence-corrected chi connectivity index (χ1v) is 6.55. The molecule has 0 aromatic heterocycles. The van der Waals surface area contributed by atoms with Gasteiger partial charge in [-0.2, -0.15) is 0 Å². The van der Waals surface area contributed by atoms with Gasteiger partial charge in [0, 0.05) is 10.6 Å². The lowest BCUT2D eigenvalue weighted by atomic mass is 9.69. The molecule has 0 unspecified atom stereocenters. The van der Waals surface area contributed by atoms with Gasteiger partial charge in [-0.25, -0.2) is 4.39 Å². The van der Waals surface area contributed by atoms with Crippen LogP contribution in [-0.2, 0) is 10.2 Å². The zero-order chi connectivity index (χ0) is 13.3. The van der Waals surface area contributed by atoms with Gasteiger partial charge in [0.15, 0.2) is 0 Å². The van der Waals surface area contributed by atoms with E-state index in [1.165, 1.54) is 12.1 Å². The summed E-state index contributed by atoms with van der Waals surface area (Å²) < 4.78 is 14.2. The molecule has 0 aliphatic heterocycles. The molecular formula is C14H16ClFO2. The number of aliphatic carboxylic acids is 1. The zero-order valence-corrected chi connectivity index (χ0v) is 11.1. The molecule has 0 amide bonds. The third kappa shape index (κ3) is 2.12. The largest absolute Gasteiger partial charge is 0.481 e. The van der Waals surface area contributed by atoms with Gasteiger partial charge in [-0.05, 0) is 37.5 Å². The van der Waals surface area contributed by atoms with Crippen molar-refractivity contribution in [2.75, 3.05) is 0 Å². The average Bonchev–Trinajstić information content (AvgIpc) is 2.34. The highest BCUT2D eigenvalue weighted by Crippen LogP contribution is 2.42. The van der Waals surface area contributed by atoms with Crippen LogP contribution in [0.3, 0.4) is 0 Å². The molecule has 1 fully saturated rings. The predicted octanol–water partition coefficient (Wildman–Crippen LogP) is 4.07. The summed E-state index contributed by atoms with van der Waals surface area (Å²) in [6.07, 6.45) is 3.61. The maximum absolute atomic E-state index is 14.2. The molecule has 0 heterocycles. The summed E-state index contributed by atoms with van der Waals surface area (Å²) in [5.74, 6) is -1.37. The van der Waals surface area contributed by atoms with Crippen LogP contribution in [0.2, 0.25) is 5.02 Å². The standard InChI is InChI=1S/C14H16ClFO2/c1-9-7-10(15)8-11(12(9)16)14(13(17)18)5-3-2-4-6-14/h7-8H,2-6H2,1H3,(H,17,18). The van der Waals surface area contributed by atoms with Crippen molar-refractivity contribution in [3.8, 4) is 0 Å². The number of carboxylic acids is 1. The van der Waals surface area contributed by atoms with Gasteiger partial charge in [0.2, 0.25) is 0 Å². The summed E-state index contributed by atoms with van der Waals surface area (Å²) in [5.41, 5.74) is -0.443. The normalized spacial score (nSPS) is 18.6. The third-order valence-corrected chi connectivity index (χ3v) is 4.07. The van der Waals surface area contributed by atoms with Gasteiger partial charge >= 0.3 is 5.97 Å². The van der Waals surface area contributed by atoms with E-state index in [0.717, 1.165) is 19.3 Å². The molecule has 1 aromatic rings. The monoisotopic (exact) mass is 270 g/mol. The summed E-state index contributed by atoms with van der Waals surface area (Å²) in [6.45, 7) is 1.61. The molecule has 0 bridgehead atoms. The van der Waals surface area contributed by atoms with Crippen molar-refractivity contribution in [2.45, 2.75) is 44.4 Å². The number of aryl methyl sites for hydroxylation is 1. The van der Waals surface area contributed by atoms with Crippen LogP contribution in [0.4, 0.5) is 4.39 Å². The van der Waals surface area contributed by atoms with E-state index in [4.69, 9.17) is 11.6 Å². The third-order valence-electron chi connectivity index (χ3n) is 3.85. The molecule has 0 saturated heterocycles. The Morgan fingerprint density at radius 3 is 2.50 bits per heavy atom. The number of hydrogen-bond acceptors (Lipinski definition) is 1. The highest BCUT2D eigenvalue weighted by Gasteiger charge is 2.43. The van der Waals surface area contributed by atoms with Crippen LogP contribution in [0.25, 0.3) is 0 Å². The number of carbonyl (C=O) groups is 1. The topological polar surface area (TPSA) is 37.3 Å². The van der Waals surface area contributed by atoms with Crippen molar-refractivity contribution in [2.24, 2.45) is 0 Å². The first-order chi connectivity index (χ1) is 8.47. The Hall–Kier alpha value is -1.09. The molecule has 1 aliphatic rings. The Kier molecular flexibility index (Phi) is 3.62. The van der Waals surface area contributed by atoms with Gasteiger partial charge in [0.1, 0.15) is 5.82 Å². The van der Waals surface area contributed by atoms with E-state index in [0.29, 0.717) is 23.4 Å². The Morgan fingerprint density at radius 2 is 1.94 bits per heavy atom. The van der Waals surface area contributed by atoms with E-state index < -0.39 is 17.2 Å². The number of rotatable bonds is 2. The molecule has 0 radical (unpaired) electrons. The SMILES string of the molecule is Cc1cc(Cl)cc(C2(C(=O)O)CCCCC2)c1F. The van der Waals surface area contributed by atoms with E-state index >= 15 is 0 Å². The minimum Gasteiger partial charge on any atom is -0.481 e. The molecule has 2 nitrogen and oxygen atoms in total. The molecule has 1 aliphatic carbocycles. The Labute approximate surface area is 111 Å². The van der Waals surface area contributed by atoms with Crippen molar-refractivity contribution >= 4 is 17.6 Å². The second-order valence-corrected chi connectivity index (χ2v) is 5.47. The summed E-state index contributed by atoms with van der Waals surface area (Å²) in [4.78, 5) is 11.6. The first kappa shape index (κ1) is 13.3. The predicted molar refractivity (Wildman–Crippen MR) is 68.5 cm³/mol. The first-order valence-electron chi connectivity index (χ1n) is 6.17. The summed E-state index contributed by atoms with van der Waals surface area (Å²) in [7, 11) is 0. The van der Waals surface area contributed by atoms with Gasteiger partial charge in [-0.3, -0.25) is 4.79 Å². The lowest BCUT2D eigenvalue weighted by Gasteiger charge is -2.34. The average molecular weight is 271 g/mol. The van der Waals surface area contributed by atoms with Crippen molar-refractivity contribution < 1.29 is 14.3 Å². The van der Waals surface area contributed by atoms with Gasteiger partial charge in [0.25, 0.3) is 0 Å². The second kappa shape index (κ2) is 4.88. The summed E-state index contributed by atoms with van der Waals surface area (Å²) in [5, 5.41) is 9.94. The maximum atomic E-state index is 14.2. The lowest BCUT2D eigenvalue weighted by Crippen LogP contribution is -2.38. The molecule has 0 atom stereocenters. The number of hydrogen-bond donors (Lipinski definition) is 1. The molecule has 4 heteroatoms. The number of halogens is 2. The highest BCUT2D eigenvalue weighted by atomic mass is 35.5. The minimum atomic E-state index is -1.10. The minimum absolute atomic E-state index is 0.250. The Balaban J connectivity index is 2.59. The van der Waals surface area contributed by atoms with Crippen LogP contribution in [0.5, 0.6) is 0 Å². The van der Waals surface area contributed by atoms with E-state index in [2.05, 4.69) is 0 Å². The molecule has 18 heavy (non-hydrogen) atoms. The zero-order valence-electron chi connectivity index (χ0n) is 10.3. The fourth-order valence-electron chi connectivity index (χ4n) is 2.83. The Bertz CT molecular complexity index is 479. The molecular weight excluding hydrogens is 255 g/mol. The van der Waals surface area contributed by atoms with Crippen LogP contribution in [-0.4, -0.2) is 11.1 Å². The quantitative estimate of drug-likeness (QED) is 0.879. The Morgan fingerprint density at radius 1 is 1.33 bits per heavy atom. The fraction of sp³-hybridized carbons (Fsp3) is 0.500. The van der Waals surface area contributed by atoms with Gasteiger partial charge in [-0.1, -0.05) is 30.9 Å². The summed E-state index contributed by atoms with van der Waals surface area (Å²) in [6, 6.07) is 3.00. The maximum Gasteiger partial charge on any atom is 0.314 e. The smallest absolute Gasteiger partial charge is 0.314 e. The van der Waals surface area contributed by atoms with Crippen molar-refractivity contribution in [1.29, 1.82) is 0 Å². The highest BCUT2D eigenvalue weighted by molar-refractivity contribution is 6.30. The van der Waals surface area contributed by atoms with E-state index in [-0.39, 0.29) is 5.56 Å². The van der Waals surface area contributed by atoms with Crippen molar-refractivity contribution in [1.82, 2.24) is 0 Å². The summed E-state index contributed by atoms with van der Waals surface area (Å²) >= 11 is 5.95. The van der Waals surface area contributed by atoms with Gasteiger partial charge in [-0.15, -0.1) is 0 Å².